The number of hydrogen-bond acceptors (Lipinski definition) is 4. The SMILES string of the molecule is CC(CN)C(=O)NC1CC(=O)N(c2ccc(Oc3ccccc3)cc2)C1. The van der Waals surface area contributed by atoms with Gasteiger partial charge in [0, 0.05) is 31.1 Å². The lowest BCUT2D eigenvalue weighted by Crippen LogP contribution is -2.41. The quantitative estimate of drug-likeness (QED) is 0.834. The Labute approximate surface area is 152 Å². The van der Waals surface area contributed by atoms with Gasteiger partial charge in [-0.3, -0.25) is 9.59 Å². The molecule has 6 heteroatoms. The molecule has 1 aliphatic rings. The Kier molecular flexibility index (Phi) is 5.53. The van der Waals surface area contributed by atoms with E-state index in [2.05, 4.69) is 5.32 Å². The van der Waals surface area contributed by atoms with E-state index in [0.29, 0.717) is 25.3 Å². The first kappa shape index (κ1) is 17.9. The molecule has 26 heavy (non-hydrogen) atoms. The molecule has 2 aromatic rings. The fourth-order valence-corrected chi connectivity index (χ4v) is 2.82. The van der Waals surface area contributed by atoms with Gasteiger partial charge < -0.3 is 20.7 Å². The number of nitrogens with zero attached hydrogens (tertiary/aromatic N) is 1. The summed E-state index contributed by atoms with van der Waals surface area (Å²) in [5.41, 5.74) is 6.30. The standard InChI is InChI=1S/C20H23N3O3/c1-14(12-21)20(25)22-15-11-19(24)23(13-15)16-7-9-18(10-8-16)26-17-5-3-2-4-6-17/h2-10,14-15H,11-13,21H2,1H3,(H,22,25). The first-order valence-corrected chi connectivity index (χ1v) is 8.70. The van der Waals surface area contributed by atoms with Gasteiger partial charge in [0.2, 0.25) is 11.8 Å². The molecule has 1 heterocycles. The van der Waals surface area contributed by atoms with Gasteiger partial charge in [0.15, 0.2) is 0 Å². The van der Waals surface area contributed by atoms with E-state index >= 15 is 0 Å². The lowest BCUT2D eigenvalue weighted by molar-refractivity contribution is -0.124. The number of rotatable bonds is 6. The number of ether oxygens (including phenoxy) is 1. The van der Waals surface area contributed by atoms with Crippen LogP contribution in [0.3, 0.4) is 0 Å². The number of nitrogens with one attached hydrogen (secondary N) is 1. The van der Waals surface area contributed by atoms with E-state index in [9.17, 15) is 9.59 Å². The van der Waals surface area contributed by atoms with Crippen LogP contribution in [-0.2, 0) is 9.59 Å². The highest BCUT2D eigenvalue weighted by Crippen LogP contribution is 2.27. The second kappa shape index (κ2) is 8.01. The van der Waals surface area contributed by atoms with Crippen molar-refractivity contribution in [2.45, 2.75) is 19.4 Å². The molecule has 1 saturated heterocycles. The van der Waals surface area contributed by atoms with E-state index in [4.69, 9.17) is 10.5 Å². The summed E-state index contributed by atoms with van der Waals surface area (Å²) in [6, 6.07) is 16.7. The molecule has 0 aromatic heterocycles. The maximum atomic E-state index is 12.3. The number of para-hydroxylation sites is 1. The predicted molar refractivity (Wildman–Crippen MR) is 100 cm³/mol. The molecule has 2 aromatic carbocycles. The minimum absolute atomic E-state index is 0.00701. The number of benzene rings is 2. The summed E-state index contributed by atoms with van der Waals surface area (Å²) in [6.45, 7) is 2.52. The van der Waals surface area contributed by atoms with Gasteiger partial charge in [-0.05, 0) is 36.4 Å². The number of anilines is 1. The minimum Gasteiger partial charge on any atom is -0.457 e. The molecular formula is C20H23N3O3. The molecule has 0 radical (unpaired) electrons. The summed E-state index contributed by atoms with van der Waals surface area (Å²) >= 11 is 0. The molecule has 0 bridgehead atoms. The zero-order chi connectivity index (χ0) is 18.5. The van der Waals surface area contributed by atoms with E-state index in [0.717, 1.165) is 11.4 Å². The lowest BCUT2D eigenvalue weighted by Gasteiger charge is -2.18. The molecule has 0 saturated carbocycles. The second-order valence-electron chi connectivity index (χ2n) is 6.46. The molecule has 0 aliphatic carbocycles. The predicted octanol–water partition coefficient (Wildman–Crippen LogP) is 2.30. The van der Waals surface area contributed by atoms with Crippen LogP contribution in [0.1, 0.15) is 13.3 Å². The molecule has 2 amide bonds. The van der Waals surface area contributed by atoms with Crippen molar-refractivity contribution in [2.75, 3.05) is 18.0 Å². The van der Waals surface area contributed by atoms with Crippen LogP contribution in [0.15, 0.2) is 54.6 Å². The van der Waals surface area contributed by atoms with Crippen molar-refractivity contribution in [1.29, 1.82) is 0 Å². The third kappa shape index (κ3) is 4.21. The van der Waals surface area contributed by atoms with Crippen molar-refractivity contribution in [3.05, 3.63) is 54.6 Å². The zero-order valence-electron chi connectivity index (χ0n) is 14.7. The first-order chi connectivity index (χ1) is 12.6. The molecule has 1 fully saturated rings. The molecule has 3 rings (SSSR count). The molecule has 3 N–H and O–H groups in total. The summed E-state index contributed by atoms with van der Waals surface area (Å²) in [4.78, 5) is 25.9. The fraction of sp³-hybridized carbons (Fsp3) is 0.300. The molecule has 6 nitrogen and oxygen atoms in total. The van der Waals surface area contributed by atoms with E-state index in [1.54, 1.807) is 11.8 Å². The number of carbonyl (C=O) groups is 2. The average Bonchev–Trinajstić information content (AvgIpc) is 3.02. The van der Waals surface area contributed by atoms with E-state index in [-0.39, 0.29) is 23.8 Å². The van der Waals surface area contributed by atoms with Crippen LogP contribution < -0.4 is 20.7 Å². The topological polar surface area (TPSA) is 84.7 Å². The van der Waals surface area contributed by atoms with Crippen LogP contribution in [0.2, 0.25) is 0 Å². The Morgan fingerprint density at radius 2 is 1.85 bits per heavy atom. The molecule has 1 aliphatic heterocycles. The summed E-state index contributed by atoms with van der Waals surface area (Å²) in [6.07, 6.45) is 0.297. The largest absolute Gasteiger partial charge is 0.457 e. The van der Waals surface area contributed by atoms with E-state index in [1.165, 1.54) is 0 Å². The third-order valence-electron chi connectivity index (χ3n) is 4.40. The molecule has 2 unspecified atom stereocenters. The Morgan fingerprint density at radius 1 is 1.19 bits per heavy atom. The summed E-state index contributed by atoms with van der Waals surface area (Å²) < 4.78 is 5.76. The highest BCUT2D eigenvalue weighted by atomic mass is 16.5. The smallest absolute Gasteiger partial charge is 0.229 e. The summed E-state index contributed by atoms with van der Waals surface area (Å²) in [5, 5.41) is 2.90. The van der Waals surface area contributed by atoms with Crippen molar-refractivity contribution in [2.24, 2.45) is 11.7 Å². The Morgan fingerprint density at radius 3 is 2.50 bits per heavy atom. The van der Waals surface area contributed by atoms with Crippen LogP contribution in [-0.4, -0.2) is 30.9 Å². The first-order valence-electron chi connectivity index (χ1n) is 8.70. The van der Waals surface area contributed by atoms with Gasteiger partial charge in [0.25, 0.3) is 0 Å². The van der Waals surface area contributed by atoms with Gasteiger partial charge in [-0.25, -0.2) is 0 Å². The monoisotopic (exact) mass is 353 g/mol. The number of hydrogen-bond donors (Lipinski definition) is 2. The van der Waals surface area contributed by atoms with E-state index < -0.39 is 0 Å². The second-order valence-corrected chi connectivity index (χ2v) is 6.46. The summed E-state index contributed by atoms with van der Waals surface area (Å²) in [5.74, 6) is 1.09. The maximum Gasteiger partial charge on any atom is 0.229 e. The highest BCUT2D eigenvalue weighted by Gasteiger charge is 2.32. The van der Waals surface area contributed by atoms with Gasteiger partial charge in [-0.15, -0.1) is 0 Å². The molecule has 2 atom stereocenters. The average molecular weight is 353 g/mol. The van der Waals surface area contributed by atoms with E-state index in [1.807, 2.05) is 54.6 Å². The molecule has 0 spiro atoms. The number of carbonyl (C=O) groups excluding carboxylic acids is 2. The molecule has 136 valence electrons. The third-order valence-corrected chi connectivity index (χ3v) is 4.40. The van der Waals surface area contributed by atoms with Gasteiger partial charge in [-0.1, -0.05) is 25.1 Å². The Balaban J connectivity index is 1.62. The number of nitrogens with two attached hydrogens (primary N) is 1. The van der Waals surface area contributed by atoms with Crippen molar-refractivity contribution in [3.8, 4) is 11.5 Å². The van der Waals surface area contributed by atoms with Crippen LogP contribution in [0.25, 0.3) is 0 Å². The highest BCUT2D eigenvalue weighted by molar-refractivity contribution is 5.97. The normalized spacial score (nSPS) is 17.8. The molecular weight excluding hydrogens is 330 g/mol. The van der Waals surface area contributed by atoms with Crippen molar-refractivity contribution in [3.63, 3.8) is 0 Å². The zero-order valence-corrected chi connectivity index (χ0v) is 14.7. The van der Waals surface area contributed by atoms with Gasteiger partial charge in [-0.2, -0.15) is 0 Å². The summed E-state index contributed by atoms with van der Waals surface area (Å²) in [7, 11) is 0. The van der Waals surface area contributed by atoms with Gasteiger partial charge in [0.1, 0.15) is 11.5 Å². The van der Waals surface area contributed by atoms with Gasteiger partial charge in [0.05, 0.1) is 6.04 Å². The van der Waals surface area contributed by atoms with Crippen LogP contribution in [0.4, 0.5) is 5.69 Å². The maximum absolute atomic E-state index is 12.3. The number of amides is 2. The van der Waals surface area contributed by atoms with Crippen molar-refractivity contribution >= 4 is 17.5 Å². The van der Waals surface area contributed by atoms with Crippen LogP contribution >= 0.6 is 0 Å². The van der Waals surface area contributed by atoms with Crippen molar-refractivity contribution in [1.82, 2.24) is 5.32 Å². The van der Waals surface area contributed by atoms with Crippen LogP contribution in [0, 0.1) is 5.92 Å². The lowest BCUT2D eigenvalue weighted by atomic mass is 10.1. The van der Waals surface area contributed by atoms with Gasteiger partial charge >= 0.3 is 0 Å². The Bertz CT molecular complexity index is 762. The van der Waals surface area contributed by atoms with Crippen molar-refractivity contribution < 1.29 is 14.3 Å². The Hall–Kier alpha value is -2.86. The fourth-order valence-electron chi connectivity index (χ4n) is 2.82. The minimum atomic E-state index is -0.256. The van der Waals surface area contributed by atoms with Crippen LogP contribution in [0.5, 0.6) is 11.5 Å².